The van der Waals surface area contributed by atoms with E-state index in [-0.39, 0.29) is 12.3 Å². The number of hydrogen-bond acceptors (Lipinski definition) is 6. The second-order valence-corrected chi connectivity index (χ2v) is 7.76. The van der Waals surface area contributed by atoms with Gasteiger partial charge in [-0.1, -0.05) is 0 Å². The van der Waals surface area contributed by atoms with Crippen LogP contribution in [0.2, 0.25) is 0 Å². The van der Waals surface area contributed by atoms with E-state index in [0.29, 0.717) is 30.2 Å². The van der Waals surface area contributed by atoms with Gasteiger partial charge in [-0.3, -0.25) is 4.79 Å². The van der Waals surface area contributed by atoms with Crippen molar-refractivity contribution in [2.75, 3.05) is 11.5 Å². The Hall–Kier alpha value is -1.80. The van der Waals surface area contributed by atoms with Crippen molar-refractivity contribution in [2.45, 2.75) is 31.7 Å². The molecule has 1 aliphatic rings. The maximum atomic E-state index is 12.4. The first-order valence-corrected chi connectivity index (χ1v) is 9.71. The Morgan fingerprint density at radius 1 is 1.42 bits per heavy atom. The lowest BCUT2D eigenvalue weighted by molar-refractivity contribution is -0.148. The number of rotatable bonds is 5. The van der Waals surface area contributed by atoms with Crippen molar-refractivity contribution in [1.82, 2.24) is 10.3 Å². The maximum absolute atomic E-state index is 12.4. The van der Waals surface area contributed by atoms with Gasteiger partial charge in [-0.05, 0) is 42.7 Å². The molecule has 0 aromatic carbocycles. The predicted octanol–water partition coefficient (Wildman–Crippen LogP) is 2.72. The third-order valence-electron chi connectivity index (χ3n) is 4.12. The van der Waals surface area contributed by atoms with Crippen LogP contribution in [0.5, 0.6) is 0 Å². The molecule has 2 aromatic heterocycles. The number of oxazole rings is 1. The fraction of sp³-hybridized carbons (Fsp3) is 0.438. The monoisotopic (exact) mass is 366 g/mol. The van der Waals surface area contributed by atoms with Gasteiger partial charge >= 0.3 is 5.97 Å². The summed E-state index contributed by atoms with van der Waals surface area (Å²) in [7, 11) is 0. The lowest BCUT2D eigenvalue weighted by Gasteiger charge is -2.33. The SMILES string of the molecule is Cc1oc(-c2ccsc2)nc1CC(=O)NC1(C(=O)O)CCSCC1. The van der Waals surface area contributed by atoms with Gasteiger partial charge in [0.2, 0.25) is 11.8 Å². The smallest absolute Gasteiger partial charge is 0.329 e. The van der Waals surface area contributed by atoms with Crippen molar-refractivity contribution < 1.29 is 19.1 Å². The number of aromatic nitrogens is 1. The number of carbonyl (C=O) groups is 2. The molecule has 2 aromatic rings. The molecule has 0 spiro atoms. The summed E-state index contributed by atoms with van der Waals surface area (Å²) in [6.07, 6.45) is 0.898. The third kappa shape index (κ3) is 3.49. The summed E-state index contributed by atoms with van der Waals surface area (Å²) in [6, 6.07) is 1.90. The molecule has 128 valence electrons. The van der Waals surface area contributed by atoms with Crippen LogP contribution >= 0.6 is 23.1 Å². The topological polar surface area (TPSA) is 92.4 Å². The molecule has 1 aliphatic heterocycles. The average Bonchev–Trinajstić information content (AvgIpc) is 3.18. The summed E-state index contributed by atoms with van der Waals surface area (Å²) in [4.78, 5) is 28.4. The Morgan fingerprint density at radius 2 is 2.17 bits per heavy atom. The number of carboxylic acids is 1. The number of thioether (sulfide) groups is 1. The fourth-order valence-electron chi connectivity index (χ4n) is 2.68. The van der Waals surface area contributed by atoms with Crippen LogP contribution in [0.25, 0.3) is 11.5 Å². The maximum Gasteiger partial charge on any atom is 0.329 e. The molecule has 0 bridgehead atoms. The Kier molecular flexibility index (Phi) is 4.96. The number of aliphatic carboxylic acids is 1. The Morgan fingerprint density at radius 3 is 2.79 bits per heavy atom. The second kappa shape index (κ2) is 6.98. The van der Waals surface area contributed by atoms with Crippen LogP contribution in [0.4, 0.5) is 0 Å². The number of aryl methyl sites for hydroxylation is 1. The highest BCUT2D eigenvalue weighted by Crippen LogP contribution is 2.28. The summed E-state index contributed by atoms with van der Waals surface area (Å²) in [5.41, 5.74) is 0.261. The highest BCUT2D eigenvalue weighted by atomic mass is 32.2. The number of carboxylic acid groups (broad SMARTS) is 1. The molecule has 3 heterocycles. The van der Waals surface area contributed by atoms with E-state index in [9.17, 15) is 14.7 Å². The van der Waals surface area contributed by atoms with Crippen molar-refractivity contribution >= 4 is 35.0 Å². The van der Waals surface area contributed by atoms with E-state index >= 15 is 0 Å². The van der Waals surface area contributed by atoms with Gasteiger partial charge in [0, 0.05) is 10.9 Å². The molecule has 0 saturated carbocycles. The molecule has 1 saturated heterocycles. The second-order valence-electron chi connectivity index (χ2n) is 5.76. The van der Waals surface area contributed by atoms with Crippen molar-refractivity contribution in [1.29, 1.82) is 0 Å². The first-order valence-electron chi connectivity index (χ1n) is 7.61. The molecule has 8 heteroatoms. The predicted molar refractivity (Wildman–Crippen MR) is 93.3 cm³/mol. The standard InChI is InChI=1S/C16H18N2O4S2/c1-10-12(17-14(22-10)11-2-5-24-9-11)8-13(19)18-16(15(20)21)3-6-23-7-4-16/h2,5,9H,3-4,6-8H2,1H3,(H,18,19)(H,20,21). The van der Waals surface area contributed by atoms with Gasteiger partial charge < -0.3 is 14.8 Å². The summed E-state index contributed by atoms with van der Waals surface area (Å²) in [6.45, 7) is 1.76. The molecule has 0 aliphatic carbocycles. The van der Waals surface area contributed by atoms with Crippen LogP contribution in [-0.2, 0) is 16.0 Å². The van der Waals surface area contributed by atoms with E-state index in [1.54, 1.807) is 30.0 Å². The summed E-state index contributed by atoms with van der Waals surface area (Å²) in [5.74, 6) is 1.23. The van der Waals surface area contributed by atoms with E-state index in [1.807, 2.05) is 16.8 Å². The van der Waals surface area contributed by atoms with Gasteiger partial charge in [0.15, 0.2) is 0 Å². The molecule has 3 rings (SSSR count). The number of thiophene rings is 1. The van der Waals surface area contributed by atoms with Crippen LogP contribution in [0, 0.1) is 6.92 Å². The Labute approximate surface area is 147 Å². The molecule has 1 amide bonds. The zero-order valence-electron chi connectivity index (χ0n) is 13.2. The largest absolute Gasteiger partial charge is 0.480 e. The van der Waals surface area contributed by atoms with E-state index in [2.05, 4.69) is 10.3 Å². The van der Waals surface area contributed by atoms with Gasteiger partial charge in [0.1, 0.15) is 11.3 Å². The summed E-state index contributed by atoms with van der Waals surface area (Å²) < 4.78 is 5.62. The third-order valence-corrected chi connectivity index (χ3v) is 5.79. The zero-order valence-corrected chi connectivity index (χ0v) is 14.8. The van der Waals surface area contributed by atoms with Crippen molar-refractivity contribution in [3.05, 3.63) is 28.3 Å². The number of carbonyl (C=O) groups excluding carboxylic acids is 1. The first-order chi connectivity index (χ1) is 11.5. The minimum absolute atomic E-state index is 0.0155. The summed E-state index contributed by atoms with van der Waals surface area (Å²) >= 11 is 3.25. The molecule has 1 fully saturated rings. The highest BCUT2D eigenvalue weighted by Gasteiger charge is 2.41. The molecule has 2 N–H and O–H groups in total. The van der Waals surface area contributed by atoms with Gasteiger partial charge in [-0.25, -0.2) is 9.78 Å². The van der Waals surface area contributed by atoms with E-state index in [1.165, 1.54) is 0 Å². The molecular formula is C16H18N2O4S2. The number of hydrogen-bond donors (Lipinski definition) is 2. The van der Waals surface area contributed by atoms with Crippen molar-refractivity contribution in [3.63, 3.8) is 0 Å². The van der Waals surface area contributed by atoms with Crippen molar-refractivity contribution in [3.8, 4) is 11.5 Å². The Bertz CT molecular complexity index is 733. The minimum atomic E-state index is -1.16. The molecule has 24 heavy (non-hydrogen) atoms. The zero-order chi connectivity index (χ0) is 17.2. The van der Waals surface area contributed by atoms with Crippen LogP contribution < -0.4 is 5.32 Å². The van der Waals surface area contributed by atoms with Crippen molar-refractivity contribution in [2.24, 2.45) is 0 Å². The molecule has 6 nitrogen and oxygen atoms in total. The minimum Gasteiger partial charge on any atom is -0.480 e. The lowest BCUT2D eigenvalue weighted by atomic mass is 9.92. The van der Waals surface area contributed by atoms with Gasteiger partial charge in [-0.15, -0.1) is 0 Å². The van der Waals surface area contributed by atoms with E-state index in [4.69, 9.17) is 4.42 Å². The normalized spacial score (nSPS) is 16.7. The number of nitrogens with one attached hydrogen (secondary N) is 1. The van der Waals surface area contributed by atoms with Crippen LogP contribution in [-0.4, -0.2) is 39.0 Å². The average molecular weight is 366 g/mol. The van der Waals surface area contributed by atoms with Gasteiger partial charge in [0.05, 0.1) is 12.1 Å². The first kappa shape index (κ1) is 17.0. The quantitative estimate of drug-likeness (QED) is 0.845. The van der Waals surface area contributed by atoms with E-state index in [0.717, 1.165) is 17.1 Å². The Balaban J connectivity index is 1.71. The number of nitrogens with zero attached hydrogens (tertiary/aromatic N) is 1. The van der Waals surface area contributed by atoms with Crippen LogP contribution in [0.1, 0.15) is 24.3 Å². The highest BCUT2D eigenvalue weighted by molar-refractivity contribution is 7.99. The molecule has 0 atom stereocenters. The van der Waals surface area contributed by atoms with Crippen LogP contribution in [0.3, 0.4) is 0 Å². The van der Waals surface area contributed by atoms with Gasteiger partial charge in [0.25, 0.3) is 0 Å². The van der Waals surface area contributed by atoms with Crippen LogP contribution in [0.15, 0.2) is 21.2 Å². The lowest BCUT2D eigenvalue weighted by Crippen LogP contribution is -2.56. The molecule has 0 unspecified atom stereocenters. The molecular weight excluding hydrogens is 348 g/mol. The summed E-state index contributed by atoms with van der Waals surface area (Å²) in [5, 5.41) is 16.1. The van der Waals surface area contributed by atoms with Gasteiger partial charge in [-0.2, -0.15) is 23.1 Å². The number of amides is 1. The molecule has 0 radical (unpaired) electrons. The van der Waals surface area contributed by atoms with E-state index < -0.39 is 11.5 Å². The fourth-order valence-corrected chi connectivity index (χ4v) is 4.50.